The van der Waals surface area contributed by atoms with Crippen LogP contribution in [0.25, 0.3) is 11.0 Å². The molecule has 4 aromatic rings. The predicted octanol–water partition coefficient (Wildman–Crippen LogP) is 5.93. The van der Waals surface area contributed by atoms with E-state index in [1.807, 2.05) is 42.5 Å². The Hall–Kier alpha value is -3.09. The van der Waals surface area contributed by atoms with Gasteiger partial charge in [0.1, 0.15) is 0 Å². The average Bonchev–Trinajstić information content (AvgIpc) is 3.57. The molecule has 1 saturated carbocycles. The van der Waals surface area contributed by atoms with Gasteiger partial charge in [-0.2, -0.15) is 0 Å². The summed E-state index contributed by atoms with van der Waals surface area (Å²) in [6.07, 6.45) is 6.51. The minimum Gasteiger partial charge on any atom is -0.394 e. The first-order valence-electron chi connectivity index (χ1n) is 12.7. The minimum atomic E-state index is -0.402. The Morgan fingerprint density at radius 3 is 2.39 bits per heavy atom. The molecule has 1 aromatic heterocycles. The molecule has 0 aliphatic heterocycles. The second kappa shape index (κ2) is 11.3. The first-order valence-corrected chi connectivity index (χ1v) is 13.9. The molecule has 1 heterocycles. The number of aliphatic hydroxyl groups excluding tert-OH is 1. The van der Waals surface area contributed by atoms with Crippen LogP contribution in [0.15, 0.2) is 84.0 Å². The van der Waals surface area contributed by atoms with Gasteiger partial charge >= 0.3 is 0 Å². The number of aliphatic hydroxyl groups is 1. The molecule has 2 N–H and O–H groups in total. The van der Waals surface area contributed by atoms with Gasteiger partial charge in [0.2, 0.25) is 5.91 Å². The highest BCUT2D eigenvalue weighted by atomic mass is 32.2. The molecule has 1 aliphatic carbocycles. The van der Waals surface area contributed by atoms with Crippen LogP contribution in [-0.2, 0) is 11.3 Å². The summed E-state index contributed by atoms with van der Waals surface area (Å²) in [6, 6.07) is 26.1. The molecule has 1 fully saturated rings. The van der Waals surface area contributed by atoms with E-state index in [9.17, 15) is 9.90 Å². The van der Waals surface area contributed by atoms with Gasteiger partial charge in [0.25, 0.3) is 0 Å². The quantitative estimate of drug-likeness (QED) is 0.280. The predicted molar refractivity (Wildman–Crippen MR) is 146 cm³/mol. The van der Waals surface area contributed by atoms with Crippen LogP contribution in [0.1, 0.15) is 54.3 Å². The standard InChI is InChI=1S/C30H33N3O2S/c1-36-30-32-25-13-7-8-14-27(25)33(30)19-21-15-17-24(18-16-21)28(23-11-5-6-12-23)29(35)31-26(20-34)22-9-3-2-4-10-22/h2-4,7-10,13-18,23,26,28,34H,5-6,11-12,19-20H2,1H3,(H,31,35)/t26-,28?/m0/s1. The van der Waals surface area contributed by atoms with Gasteiger partial charge in [0, 0.05) is 0 Å². The topological polar surface area (TPSA) is 67.2 Å². The summed E-state index contributed by atoms with van der Waals surface area (Å²) in [5.74, 6) is 0.115. The molecular formula is C30H33N3O2S. The van der Waals surface area contributed by atoms with Crippen molar-refractivity contribution in [1.29, 1.82) is 0 Å². The number of fused-ring (bicyclic) bond motifs is 1. The highest BCUT2D eigenvalue weighted by Crippen LogP contribution is 2.38. The van der Waals surface area contributed by atoms with Crippen LogP contribution in [0.2, 0.25) is 0 Å². The Morgan fingerprint density at radius 1 is 1.00 bits per heavy atom. The van der Waals surface area contributed by atoms with Gasteiger partial charge in [-0.3, -0.25) is 4.79 Å². The zero-order chi connectivity index (χ0) is 24.9. The van der Waals surface area contributed by atoms with E-state index < -0.39 is 6.04 Å². The number of aromatic nitrogens is 2. The fourth-order valence-electron chi connectivity index (χ4n) is 5.48. The maximum atomic E-state index is 13.6. The second-order valence-electron chi connectivity index (χ2n) is 9.59. The van der Waals surface area contributed by atoms with Gasteiger partial charge in [-0.25, -0.2) is 4.98 Å². The monoisotopic (exact) mass is 499 g/mol. The molecule has 0 bridgehead atoms. The molecule has 186 valence electrons. The molecule has 5 rings (SSSR count). The van der Waals surface area contributed by atoms with Crippen LogP contribution in [0.4, 0.5) is 0 Å². The minimum absolute atomic E-state index is 0.00262. The zero-order valence-corrected chi connectivity index (χ0v) is 21.5. The van der Waals surface area contributed by atoms with E-state index in [1.165, 1.54) is 18.4 Å². The molecule has 1 aliphatic rings. The van der Waals surface area contributed by atoms with E-state index in [-0.39, 0.29) is 18.4 Å². The van der Waals surface area contributed by atoms with E-state index >= 15 is 0 Å². The first kappa shape index (κ1) is 24.6. The Kier molecular flexibility index (Phi) is 7.73. The van der Waals surface area contributed by atoms with Crippen molar-refractivity contribution in [3.05, 3.63) is 95.6 Å². The van der Waals surface area contributed by atoms with Crippen LogP contribution in [0.3, 0.4) is 0 Å². The van der Waals surface area contributed by atoms with Crippen molar-refractivity contribution in [2.75, 3.05) is 12.9 Å². The number of imidazole rings is 1. The lowest BCUT2D eigenvalue weighted by atomic mass is 9.83. The van der Waals surface area contributed by atoms with Crippen molar-refractivity contribution in [2.24, 2.45) is 5.92 Å². The fraction of sp³-hybridized carbons (Fsp3) is 0.333. The summed E-state index contributed by atoms with van der Waals surface area (Å²) in [7, 11) is 0. The van der Waals surface area contributed by atoms with Crippen molar-refractivity contribution < 1.29 is 9.90 Å². The fourth-order valence-corrected chi connectivity index (χ4v) is 6.06. The smallest absolute Gasteiger partial charge is 0.228 e. The van der Waals surface area contributed by atoms with Gasteiger partial charge in [-0.15, -0.1) is 0 Å². The molecule has 0 saturated heterocycles. The number of nitrogens with one attached hydrogen (secondary N) is 1. The highest BCUT2D eigenvalue weighted by Gasteiger charge is 2.33. The Morgan fingerprint density at radius 2 is 1.69 bits per heavy atom. The van der Waals surface area contributed by atoms with Crippen molar-refractivity contribution in [2.45, 2.75) is 49.3 Å². The Bertz CT molecular complexity index is 1300. The first-order chi connectivity index (χ1) is 17.7. The number of carbonyl (C=O) groups excluding carboxylic acids is 1. The van der Waals surface area contributed by atoms with Crippen molar-refractivity contribution in [3.8, 4) is 0 Å². The van der Waals surface area contributed by atoms with Crippen LogP contribution < -0.4 is 5.32 Å². The molecule has 2 atom stereocenters. The number of rotatable bonds is 9. The molecule has 1 unspecified atom stereocenters. The average molecular weight is 500 g/mol. The van der Waals surface area contributed by atoms with Crippen LogP contribution in [-0.4, -0.2) is 33.4 Å². The van der Waals surface area contributed by atoms with Crippen molar-refractivity contribution in [1.82, 2.24) is 14.9 Å². The van der Waals surface area contributed by atoms with Crippen LogP contribution in [0, 0.1) is 5.92 Å². The maximum Gasteiger partial charge on any atom is 0.228 e. The molecule has 5 nitrogen and oxygen atoms in total. The highest BCUT2D eigenvalue weighted by molar-refractivity contribution is 7.98. The van der Waals surface area contributed by atoms with E-state index in [1.54, 1.807) is 11.8 Å². The summed E-state index contributed by atoms with van der Waals surface area (Å²) in [4.78, 5) is 18.4. The largest absolute Gasteiger partial charge is 0.394 e. The molecular weight excluding hydrogens is 466 g/mol. The SMILES string of the molecule is CSc1nc2ccccc2n1Cc1ccc(C(C(=O)N[C@@H](CO)c2ccccc2)C2CCCC2)cc1. The molecule has 36 heavy (non-hydrogen) atoms. The summed E-state index contributed by atoms with van der Waals surface area (Å²) in [5, 5.41) is 14.1. The zero-order valence-electron chi connectivity index (χ0n) is 20.6. The summed E-state index contributed by atoms with van der Waals surface area (Å²) in [5.41, 5.74) is 5.29. The molecule has 0 spiro atoms. The van der Waals surface area contributed by atoms with Gasteiger partial charge in [-0.05, 0) is 53.8 Å². The lowest BCUT2D eigenvalue weighted by molar-refractivity contribution is -0.124. The summed E-state index contributed by atoms with van der Waals surface area (Å²) >= 11 is 1.65. The van der Waals surface area contributed by atoms with Gasteiger partial charge < -0.3 is 15.0 Å². The Labute approximate surface area is 217 Å². The third-order valence-corrected chi connectivity index (χ3v) is 8.01. The third kappa shape index (κ3) is 5.20. The number of nitrogens with zero attached hydrogens (tertiary/aromatic N) is 2. The van der Waals surface area contributed by atoms with E-state index in [0.29, 0.717) is 5.92 Å². The van der Waals surface area contributed by atoms with E-state index in [2.05, 4.69) is 52.5 Å². The summed E-state index contributed by atoms with van der Waals surface area (Å²) in [6.45, 7) is 0.612. The van der Waals surface area contributed by atoms with Gasteiger partial charge in [0.15, 0.2) is 5.16 Å². The number of hydrogen-bond acceptors (Lipinski definition) is 4. The number of para-hydroxylation sites is 2. The van der Waals surface area contributed by atoms with Crippen molar-refractivity contribution >= 4 is 28.7 Å². The molecule has 6 heteroatoms. The maximum absolute atomic E-state index is 13.6. The van der Waals surface area contributed by atoms with Gasteiger partial charge in [0.05, 0.1) is 36.1 Å². The van der Waals surface area contributed by atoms with Crippen molar-refractivity contribution in [3.63, 3.8) is 0 Å². The summed E-state index contributed by atoms with van der Waals surface area (Å²) < 4.78 is 2.25. The number of hydrogen-bond donors (Lipinski definition) is 2. The Balaban J connectivity index is 1.38. The van der Waals surface area contributed by atoms with Gasteiger partial charge in [-0.1, -0.05) is 91.3 Å². The molecule has 0 radical (unpaired) electrons. The third-order valence-electron chi connectivity index (χ3n) is 7.34. The lowest BCUT2D eigenvalue weighted by Crippen LogP contribution is -2.37. The lowest BCUT2D eigenvalue weighted by Gasteiger charge is -2.26. The van der Waals surface area contributed by atoms with Crippen LogP contribution >= 0.6 is 11.8 Å². The number of amides is 1. The molecule has 1 amide bonds. The number of carbonyl (C=O) groups is 1. The van der Waals surface area contributed by atoms with Crippen LogP contribution in [0.5, 0.6) is 0 Å². The van der Waals surface area contributed by atoms with E-state index in [0.717, 1.165) is 46.7 Å². The normalized spacial score (nSPS) is 15.7. The molecule has 3 aromatic carbocycles. The number of thioether (sulfide) groups is 1. The number of benzene rings is 3. The van der Waals surface area contributed by atoms with E-state index in [4.69, 9.17) is 4.98 Å². The second-order valence-corrected chi connectivity index (χ2v) is 10.4.